The van der Waals surface area contributed by atoms with Gasteiger partial charge in [-0.3, -0.25) is 9.59 Å². The molecule has 1 N–H and O–H groups in total. The third kappa shape index (κ3) is 3.22. The predicted octanol–water partition coefficient (Wildman–Crippen LogP) is 2.41. The highest BCUT2D eigenvalue weighted by Crippen LogP contribution is 2.29. The Balaban J connectivity index is 1.76. The molecule has 1 aliphatic heterocycles. The Hall–Kier alpha value is -2.67. The third-order valence-electron chi connectivity index (χ3n) is 4.42. The molecule has 0 fully saturated rings. The fraction of sp³-hybridized carbons (Fsp3) is 0.263. The zero-order valence-corrected chi connectivity index (χ0v) is 15.4. The van der Waals surface area contributed by atoms with Crippen molar-refractivity contribution in [2.45, 2.75) is 31.2 Å². The number of fused-ring (bicyclic) bond motifs is 1. The number of aryl methyl sites for hydroxylation is 1. The molecule has 3 rings (SSSR count). The van der Waals surface area contributed by atoms with Crippen molar-refractivity contribution in [2.75, 3.05) is 6.54 Å². The summed E-state index contributed by atoms with van der Waals surface area (Å²) in [6.45, 7) is 3.38. The second-order valence-corrected chi connectivity index (χ2v) is 8.08. The van der Waals surface area contributed by atoms with Gasteiger partial charge in [-0.15, -0.1) is 0 Å². The fourth-order valence-corrected chi connectivity index (χ4v) is 4.50. The number of nitrogens with one attached hydrogen (secondary N) is 1. The molecule has 2 amide bonds. The molecule has 0 unspecified atom stereocenters. The molecular formula is C19H20N2O4S. The van der Waals surface area contributed by atoms with Gasteiger partial charge in [-0.25, -0.2) is 12.7 Å². The SMILES string of the molecule is CC[C@@H](NC(=O)CN1C(=O)c2ccccc2S1(=O)=O)c1ccc(C)cc1. The van der Waals surface area contributed by atoms with Gasteiger partial charge in [0.2, 0.25) is 5.91 Å². The maximum Gasteiger partial charge on any atom is 0.269 e. The molecule has 0 aliphatic carbocycles. The summed E-state index contributed by atoms with van der Waals surface area (Å²) >= 11 is 0. The van der Waals surface area contributed by atoms with Crippen molar-refractivity contribution < 1.29 is 18.0 Å². The van der Waals surface area contributed by atoms with E-state index < -0.39 is 28.4 Å². The number of sulfonamides is 1. The van der Waals surface area contributed by atoms with Gasteiger partial charge in [0, 0.05) is 0 Å². The van der Waals surface area contributed by atoms with E-state index in [9.17, 15) is 18.0 Å². The molecule has 0 saturated heterocycles. The summed E-state index contributed by atoms with van der Waals surface area (Å²) in [6, 6.07) is 13.5. The second-order valence-electron chi connectivity index (χ2n) is 6.25. The number of carbonyl (C=O) groups excluding carboxylic acids is 2. The van der Waals surface area contributed by atoms with Crippen molar-refractivity contribution in [3.05, 3.63) is 65.2 Å². The van der Waals surface area contributed by atoms with Gasteiger partial charge >= 0.3 is 0 Å². The van der Waals surface area contributed by atoms with E-state index in [0.717, 1.165) is 11.1 Å². The smallest absolute Gasteiger partial charge is 0.269 e. The molecule has 1 aliphatic rings. The van der Waals surface area contributed by atoms with E-state index in [1.54, 1.807) is 12.1 Å². The molecular weight excluding hydrogens is 352 g/mol. The van der Waals surface area contributed by atoms with Crippen molar-refractivity contribution >= 4 is 21.8 Å². The van der Waals surface area contributed by atoms with Crippen LogP contribution in [0.3, 0.4) is 0 Å². The van der Waals surface area contributed by atoms with Crippen LogP contribution >= 0.6 is 0 Å². The van der Waals surface area contributed by atoms with Crippen LogP contribution in [-0.2, 0) is 14.8 Å². The van der Waals surface area contributed by atoms with Crippen molar-refractivity contribution in [1.29, 1.82) is 0 Å². The second kappa shape index (κ2) is 6.92. The van der Waals surface area contributed by atoms with Crippen LogP contribution < -0.4 is 5.32 Å². The Morgan fingerprint density at radius 2 is 1.77 bits per heavy atom. The van der Waals surface area contributed by atoms with Gasteiger partial charge < -0.3 is 5.32 Å². The molecule has 26 heavy (non-hydrogen) atoms. The number of hydrogen-bond acceptors (Lipinski definition) is 4. The zero-order valence-electron chi connectivity index (χ0n) is 14.6. The van der Waals surface area contributed by atoms with E-state index in [-0.39, 0.29) is 16.5 Å². The van der Waals surface area contributed by atoms with Crippen LogP contribution in [0.15, 0.2) is 53.4 Å². The topological polar surface area (TPSA) is 83.6 Å². The summed E-state index contributed by atoms with van der Waals surface area (Å²) in [5, 5.41) is 2.82. The number of rotatable bonds is 5. The first-order chi connectivity index (χ1) is 12.3. The first-order valence-electron chi connectivity index (χ1n) is 8.36. The first kappa shape index (κ1) is 18.1. The minimum atomic E-state index is -3.98. The first-order valence-corrected chi connectivity index (χ1v) is 9.80. The molecule has 2 aromatic carbocycles. The van der Waals surface area contributed by atoms with E-state index in [1.165, 1.54) is 12.1 Å². The number of nitrogens with zero attached hydrogens (tertiary/aromatic N) is 1. The predicted molar refractivity (Wildman–Crippen MR) is 97.0 cm³/mol. The molecule has 1 atom stereocenters. The van der Waals surface area contributed by atoms with Crippen LogP contribution in [0.4, 0.5) is 0 Å². The maximum atomic E-state index is 12.5. The summed E-state index contributed by atoms with van der Waals surface area (Å²) in [5.74, 6) is -1.18. The minimum absolute atomic E-state index is 0.0524. The lowest BCUT2D eigenvalue weighted by atomic mass is 10.0. The van der Waals surface area contributed by atoms with Crippen LogP contribution in [0.25, 0.3) is 0 Å². The third-order valence-corrected chi connectivity index (χ3v) is 6.21. The van der Waals surface area contributed by atoms with Gasteiger partial charge in [-0.05, 0) is 31.0 Å². The number of hydrogen-bond donors (Lipinski definition) is 1. The van der Waals surface area contributed by atoms with E-state index in [2.05, 4.69) is 5.32 Å². The van der Waals surface area contributed by atoms with E-state index in [4.69, 9.17) is 0 Å². The zero-order chi connectivity index (χ0) is 18.9. The summed E-state index contributed by atoms with van der Waals surface area (Å²) < 4.78 is 25.7. The van der Waals surface area contributed by atoms with E-state index in [1.807, 2.05) is 38.1 Å². The van der Waals surface area contributed by atoms with Crippen LogP contribution in [0, 0.1) is 6.92 Å². The summed E-state index contributed by atoms with van der Waals surface area (Å²) in [4.78, 5) is 24.7. The Morgan fingerprint density at radius 3 is 2.38 bits per heavy atom. The van der Waals surface area contributed by atoms with Crippen molar-refractivity contribution in [2.24, 2.45) is 0 Å². The lowest BCUT2D eigenvalue weighted by molar-refractivity contribution is -0.121. The Kier molecular flexibility index (Phi) is 4.82. The van der Waals surface area contributed by atoms with Crippen LogP contribution in [0.5, 0.6) is 0 Å². The lowest BCUT2D eigenvalue weighted by Crippen LogP contribution is -2.41. The van der Waals surface area contributed by atoms with Crippen LogP contribution in [0.2, 0.25) is 0 Å². The van der Waals surface area contributed by atoms with Gasteiger partial charge in [0.05, 0.1) is 11.6 Å². The highest BCUT2D eigenvalue weighted by molar-refractivity contribution is 7.90. The normalized spacial score (nSPS) is 16.2. The van der Waals surface area contributed by atoms with E-state index in [0.29, 0.717) is 10.7 Å². The Labute approximate surface area is 152 Å². The molecule has 6 nitrogen and oxygen atoms in total. The van der Waals surface area contributed by atoms with E-state index >= 15 is 0 Å². The molecule has 0 bridgehead atoms. The Morgan fingerprint density at radius 1 is 1.12 bits per heavy atom. The summed E-state index contributed by atoms with van der Waals surface area (Å²) in [7, 11) is -3.98. The quantitative estimate of drug-likeness (QED) is 0.874. The molecule has 0 aromatic heterocycles. The van der Waals surface area contributed by atoms with Crippen molar-refractivity contribution in [3.63, 3.8) is 0 Å². The highest BCUT2D eigenvalue weighted by atomic mass is 32.2. The molecule has 0 radical (unpaired) electrons. The van der Waals surface area contributed by atoms with Gasteiger partial charge in [0.25, 0.3) is 15.9 Å². The number of amides is 2. The molecule has 2 aromatic rings. The van der Waals surface area contributed by atoms with Gasteiger partial charge in [0.1, 0.15) is 11.4 Å². The summed E-state index contributed by atoms with van der Waals surface area (Å²) in [6.07, 6.45) is 0.649. The number of carbonyl (C=O) groups is 2. The minimum Gasteiger partial charge on any atom is -0.348 e. The molecule has 136 valence electrons. The Bertz CT molecular complexity index is 952. The van der Waals surface area contributed by atoms with Gasteiger partial charge in [-0.1, -0.05) is 48.9 Å². The monoisotopic (exact) mass is 372 g/mol. The average molecular weight is 372 g/mol. The van der Waals surface area contributed by atoms with Crippen LogP contribution in [0.1, 0.15) is 40.9 Å². The van der Waals surface area contributed by atoms with Crippen LogP contribution in [-0.4, -0.2) is 31.1 Å². The van der Waals surface area contributed by atoms with Gasteiger partial charge in [-0.2, -0.15) is 0 Å². The molecule has 0 saturated carbocycles. The maximum absolute atomic E-state index is 12.5. The average Bonchev–Trinajstić information content (AvgIpc) is 2.82. The molecule has 1 heterocycles. The van der Waals surface area contributed by atoms with Crippen molar-refractivity contribution in [1.82, 2.24) is 9.62 Å². The van der Waals surface area contributed by atoms with Crippen molar-refractivity contribution in [3.8, 4) is 0 Å². The molecule has 0 spiro atoms. The number of benzene rings is 2. The standard InChI is InChI=1S/C19H20N2O4S/c1-3-16(14-10-8-13(2)9-11-14)20-18(22)12-21-19(23)15-6-4-5-7-17(15)26(21,24)25/h4-11,16H,3,12H2,1-2H3,(H,20,22)/t16-/m1/s1. The molecule has 7 heteroatoms. The highest BCUT2D eigenvalue weighted by Gasteiger charge is 2.41. The lowest BCUT2D eigenvalue weighted by Gasteiger charge is -2.20. The van der Waals surface area contributed by atoms with Gasteiger partial charge in [0.15, 0.2) is 0 Å². The summed E-state index contributed by atoms with van der Waals surface area (Å²) in [5.41, 5.74) is 2.15. The fourth-order valence-electron chi connectivity index (χ4n) is 2.98. The largest absolute Gasteiger partial charge is 0.348 e.